The number of nitriles is 1. The smallest absolute Gasteiger partial charge is 0.201 e. The third-order valence-electron chi connectivity index (χ3n) is 2.80. The van der Waals surface area contributed by atoms with Gasteiger partial charge in [-0.2, -0.15) is 5.26 Å². The molecule has 0 radical (unpaired) electrons. The molecule has 1 atom stereocenters. The number of hydrogen-bond acceptors (Lipinski definition) is 4. The van der Waals surface area contributed by atoms with E-state index < -0.39 is 0 Å². The van der Waals surface area contributed by atoms with Crippen molar-refractivity contribution in [3.63, 3.8) is 0 Å². The summed E-state index contributed by atoms with van der Waals surface area (Å²) in [6.45, 7) is 5.24. The van der Waals surface area contributed by atoms with E-state index in [2.05, 4.69) is 11.1 Å². The molecule has 5 nitrogen and oxygen atoms in total. The second kappa shape index (κ2) is 5.07. The normalized spacial score (nSPS) is 12.5. The Bertz CT molecular complexity index is 597. The highest BCUT2D eigenvalue weighted by molar-refractivity contribution is 5.79. The zero-order chi connectivity index (χ0) is 13.1. The van der Waals surface area contributed by atoms with E-state index in [1.807, 2.05) is 24.5 Å². The molecule has 18 heavy (non-hydrogen) atoms. The van der Waals surface area contributed by atoms with E-state index in [-0.39, 0.29) is 6.10 Å². The van der Waals surface area contributed by atoms with E-state index in [4.69, 9.17) is 15.7 Å². The van der Waals surface area contributed by atoms with E-state index in [1.165, 1.54) is 0 Å². The Morgan fingerprint density at radius 3 is 3.00 bits per heavy atom. The van der Waals surface area contributed by atoms with Crippen molar-refractivity contribution in [2.75, 3.05) is 12.3 Å². The quantitative estimate of drug-likeness (QED) is 0.891. The number of nitrogen functional groups attached to an aromatic ring is 1. The van der Waals surface area contributed by atoms with Crippen LogP contribution < -0.4 is 5.73 Å². The fourth-order valence-electron chi connectivity index (χ4n) is 2.00. The van der Waals surface area contributed by atoms with E-state index in [0.29, 0.717) is 24.7 Å². The van der Waals surface area contributed by atoms with Crippen molar-refractivity contribution in [3.8, 4) is 6.07 Å². The number of aromatic nitrogens is 2. The lowest BCUT2D eigenvalue weighted by molar-refractivity contribution is 0.0652. The molecular formula is C13H16N4O. The summed E-state index contributed by atoms with van der Waals surface area (Å²) in [5.74, 6) is 0.451. The standard InChI is InChI=1S/C13H16N4O/c1-3-18-9(2)8-17-12-6-10(7-14)4-5-11(12)16-13(17)15/h4-6,9H,3,8H2,1-2H3,(H2,15,16). The van der Waals surface area contributed by atoms with Crippen molar-refractivity contribution in [1.29, 1.82) is 5.26 Å². The van der Waals surface area contributed by atoms with Gasteiger partial charge in [0.15, 0.2) is 0 Å². The molecule has 0 aliphatic heterocycles. The molecule has 1 unspecified atom stereocenters. The number of rotatable bonds is 4. The van der Waals surface area contributed by atoms with Gasteiger partial charge in [-0.05, 0) is 32.0 Å². The lowest BCUT2D eigenvalue weighted by Gasteiger charge is -2.14. The minimum Gasteiger partial charge on any atom is -0.377 e. The van der Waals surface area contributed by atoms with E-state index >= 15 is 0 Å². The van der Waals surface area contributed by atoms with Crippen LogP contribution in [0.1, 0.15) is 19.4 Å². The van der Waals surface area contributed by atoms with Crippen LogP contribution in [0.3, 0.4) is 0 Å². The van der Waals surface area contributed by atoms with Gasteiger partial charge < -0.3 is 15.0 Å². The Morgan fingerprint density at radius 2 is 2.33 bits per heavy atom. The average Bonchev–Trinajstić information content (AvgIpc) is 2.65. The Kier molecular flexibility index (Phi) is 3.49. The number of benzene rings is 1. The van der Waals surface area contributed by atoms with Crippen LogP contribution >= 0.6 is 0 Å². The van der Waals surface area contributed by atoms with Gasteiger partial charge in [-0.3, -0.25) is 0 Å². The molecule has 0 saturated heterocycles. The summed E-state index contributed by atoms with van der Waals surface area (Å²) in [6.07, 6.45) is 0.0560. The van der Waals surface area contributed by atoms with Crippen LogP contribution in [0.2, 0.25) is 0 Å². The van der Waals surface area contributed by atoms with E-state index in [9.17, 15) is 0 Å². The molecule has 0 amide bonds. The Hall–Kier alpha value is -2.06. The number of nitrogens with two attached hydrogens (primary N) is 1. The molecule has 0 fully saturated rings. The van der Waals surface area contributed by atoms with Crippen molar-refractivity contribution in [3.05, 3.63) is 23.8 Å². The molecule has 0 saturated carbocycles. The average molecular weight is 244 g/mol. The molecule has 1 aromatic heterocycles. The number of nitrogens with zero attached hydrogens (tertiary/aromatic N) is 3. The summed E-state index contributed by atoms with van der Waals surface area (Å²) in [7, 11) is 0. The van der Waals surface area contributed by atoms with Gasteiger partial charge in [0, 0.05) is 6.61 Å². The van der Waals surface area contributed by atoms with Crippen LogP contribution in [0, 0.1) is 11.3 Å². The Morgan fingerprint density at radius 1 is 1.56 bits per heavy atom. The van der Waals surface area contributed by atoms with E-state index in [1.54, 1.807) is 12.1 Å². The van der Waals surface area contributed by atoms with Crippen LogP contribution in [-0.4, -0.2) is 22.3 Å². The first kappa shape index (κ1) is 12.4. The van der Waals surface area contributed by atoms with Crippen molar-refractivity contribution >= 4 is 17.0 Å². The number of imidazole rings is 1. The first-order chi connectivity index (χ1) is 8.65. The zero-order valence-electron chi connectivity index (χ0n) is 10.6. The zero-order valence-corrected chi connectivity index (χ0v) is 10.6. The van der Waals surface area contributed by atoms with Gasteiger partial charge in [-0.15, -0.1) is 0 Å². The molecule has 2 aromatic rings. The van der Waals surface area contributed by atoms with Crippen LogP contribution in [-0.2, 0) is 11.3 Å². The molecule has 2 rings (SSSR count). The number of hydrogen-bond donors (Lipinski definition) is 1. The Balaban J connectivity index is 2.42. The highest BCUT2D eigenvalue weighted by Crippen LogP contribution is 2.20. The van der Waals surface area contributed by atoms with Crippen LogP contribution in [0.5, 0.6) is 0 Å². The highest BCUT2D eigenvalue weighted by Gasteiger charge is 2.11. The number of anilines is 1. The number of ether oxygens (including phenoxy) is 1. The fourth-order valence-corrected chi connectivity index (χ4v) is 2.00. The fraction of sp³-hybridized carbons (Fsp3) is 0.385. The molecule has 0 spiro atoms. The first-order valence-electron chi connectivity index (χ1n) is 5.93. The summed E-state index contributed by atoms with van der Waals surface area (Å²) in [5, 5.41) is 8.93. The Labute approximate surface area is 106 Å². The third-order valence-corrected chi connectivity index (χ3v) is 2.80. The molecular weight excluding hydrogens is 228 g/mol. The summed E-state index contributed by atoms with van der Waals surface area (Å²) < 4.78 is 7.39. The predicted molar refractivity (Wildman–Crippen MR) is 69.9 cm³/mol. The van der Waals surface area contributed by atoms with Gasteiger partial charge in [-0.1, -0.05) is 0 Å². The molecule has 94 valence electrons. The van der Waals surface area contributed by atoms with Crippen molar-refractivity contribution < 1.29 is 4.74 Å². The summed E-state index contributed by atoms with van der Waals surface area (Å²) in [5.41, 5.74) is 8.18. The van der Waals surface area contributed by atoms with Gasteiger partial charge in [0.1, 0.15) is 0 Å². The van der Waals surface area contributed by atoms with Crippen LogP contribution in [0.25, 0.3) is 11.0 Å². The van der Waals surface area contributed by atoms with Crippen molar-refractivity contribution in [1.82, 2.24) is 9.55 Å². The second-order valence-corrected chi connectivity index (χ2v) is 4.16. The highest BCUT2D eigenvalue weighted by atomic mass is 16.5. The topological polar surface area (TPSA) is 76.9 Å². The summed E-state index contributed by atoms with van der Waals surface area (Å²) in [4.78, 5) is 4.28. The minimum atomic E-state index is 0.0560. The summed E-state index contributed by atoms with van der Waals surface area (Å²) >= 11 is 0. The van der Waals surface area contributed by atoms with E-state index in [0.717, 1.165) is 11.0 Å². The van der Waals surface area contributed by atoms with Gasteiger partial charge in [0.05, 0.1) is 35.3 Å². The maximum absolute atomic E-state index is 8.93. The summed E-state index contributed by atoms with van der Waals surface area (Å²) in [6, 6.07) is 7.48. The van der Waals surface area contributed by atoms with Gasteiger partial charge >= 0.3 is 0 Å². The van der Waals surface area contributed by atoms with Crippen LogP contribution in [0.4, 0.5) is 5.95 Å². The molecule has 0 aliphatic rings. The SMILES string of the molecule is CCOC(C)Cn1c(N)nc2ccc(C#N)cc21. The van der Waals surface area contributed by atoms with Crippen molar-refractivity contribution in [2.45, 2.75) is 26.5 Å². The number of fused-ring (bicyclic) bond motifs is 1. The lowest BCUT2D eigenvalue weighted by Crippen LogP contribution is -2.17. The largest absolute Gasteiger partial charge is 0.377 e. The lowest BCUT2D eigenvalue weighted by atomic mass is 10.2. The predicted octanol–water partition coefficient (Wildman–Crippen LogP) is 1.92. The minimum absolute atomic E-state index is 0.0560. The van der Waals surface area contributed by atoms with Crippen molar-refractivity contribution in [2.24, 2.45) is 0 Å². The molecule has 5 heteroatoms. The molecule has 1 aromatic carbocycles. The molecule has 2 N–H and O–H groups in total. The first-order valence-corrected chi connectivity index (χ1v) is 5.93. The van der Waals surface area contributed by atoms with Crippen LogP contribution in [0.15, 0.2) is 18.2 Å². The molecule has 1 heterocycles. The molecule has 0 bridgehead atoms. The second-order valence-electron chi connectivity index (χ2n) is 4.16. The third kappa shape index (κ3) is 2.29. The monoisotopic (exact) mass is 244 g/mol. The van der Waals surface area contributed by atoms with Gasteiger partial charge in [0.2, 0.25) is 5.95 Å². The maximum atomic E-state index is 8.93. The maximum Gasteiger partial charge on any atom is 0.201 e. The van der Waals surface area contributed by atoms with Gasteiger partial charge in [0.25, 0.3) is 0 Å². The van der Waals surface area contributed by atoms with Gasteiger partial charge in [-0.25, -0.2) is 4.98 Å². The molecule has 0 aliphatic carbocycles.